The number of allylic oxidation sites excluding steroid dienone is 1. The molecule has 11 heteroatoms. The molecule has 1 saturated heterocycles. The van der Waals surface area contributed by atoms with E-state index in [9.17, 15) is 5.26 Å². The smallest absolute Gasteiger partial charge is 0.221 e. The topological polar surface area (TPSA) is 148 Å². The summed E-state index contributed by atoms with van der Waals surface area (Å²) in [5, 5.41) is 17.7. The minimum absolute atomic E-state index is 0.437. The van der Waals surface area contributed by atoms with E-state index in [1.54, 1.807) is 41.6 Å². The zero-order chi connectivity index (χ0) is 28.7. The Morgan fingerprint density at radius 3 is 2.62 bits per heavy atom. The van der Waals surface area contributed by atoms with E-state index < -0.39 is 0 Å². The molecular weight excluding hydrogens is 526 g/mol. The fourth-order valence-electron chi connectivity index (χ4n) is 4.94. The van der Waals surface area contributed by atoms with Gasteiger partial charge in [0.05, 0.1) is 36.6 Å². The molecule has 0 unspecified atom stereocenters. The molecule has 0 aliphatic carbocycles. The molecule has 0 radical (unpaired) electrons. The van der Waals surface area contributed by atoms with Crippen molar-refractivity contribution in [1.29, 1.82) is 5.26 Å². The molecule has 0 atom stereocenters. The van der Waals surface area contributed by atoms with Crippen molar-refractivity contribution in [3.05, 3.63) is 90.0 Å². The van der Waals surface area contributed by atoms with Crippen LogP contribution in [0.5, 0.6) is 0 Å². The maximum Gasteiger partial charge on any atom is 0.221 e. The number of nitriles is 1. The highest BCUT2D eigenvalue weighted by Crippen LogP contribution is 2.22. The predicted molar refractivity (Wildman–Crippen MR) is 161 cm³/mol. The van der Waals surface area contributed by atoms with Crippen molar-refractivity contribution < 1.29 is 0 Å². The lowest BCUT2D eigenvalue weighted by atomic mass is 10.1. The second-order valence-electron chi connectivity index (χ2n) is 10.0. The van der Waals surface area contributed by atoms with Crippen molar-refractivity contribution in [3.63, 3.8) is 0 Å². The summed E-state index contributed by atoms with van der Waals surface area (Å²) in [5.74, 6) is 0.603. The Labute approximate surface area is 243 Å². The molecule has 0 amide bonds. The van der Waals surface area contributed by atoms with Crippen LogP contribution < -0.4 is 5.73 Å². The second kappa shape index (κ2) is 12.4. The summed E-state index contributed by atoms with van der Waals surface area (Å²) in [6, 6.07) is 17.4. The maximum absolute atomic E-state index is 9.25. The molecule has 0 saturated carbocycles. The van der Waals surface area contributed by atoms with Crippen LogP contribution in [0.2, 0.25) is 0 Å². The zero-order valence-electron chi connectivity index (χ0n) is 23.0. The lowest BCUT2D eigenvalue weighted by Gasteiger charge is -2.11. The molecule has 1 fully saturated rings. The molecule has 6 rings (SSSR count). The van der Waals surface area contributed by atoms with Crippen LogP contribution in [-0.4, -0.2) is 72.2 Å². The summed E-state index contributed by atoms with van der Waals surface area (Å²) in [6.45, 7) is 4.47. The summed E-state index contributed by atoms with van der Waals surface area (Å²) in [4.78, 5) is 25.4. The number of hydrogen-bond donors (Lipinski definition) is 1. The molecule has 0 bridgehead atoms. The van der Waals surface area contributed by atoms with Gasteiger partial charge in [-0.3, -0.25) is 4.99 Å². The van der Waals surface area contributed by atoms with Gasteiger partial charge in [-0.05, 0) is 49.7 Å². The highest BCUT2D eigenvalue weighted by atomic mass is 15.4. The average molecular weight is 556 g/mol. The highest BCUT2D eigenvalue weighted by Gasteiger charge is 2.13. The Morgan fingerprint density at radius 1 is 1.00 bits per heavy atom. The number of likely N-dealkylation sites (tertiary alicyclic amines) is 1. The van der Waals surface area contributed by atoms with Gasteiger partial charge >= 0.3 is 0 Å². The van der Waals surface area contributed by atoms with E-state index in [1.807, 2.05) is 36.4 Å². The highest BCUT2D eigenvalue weighted by molar-refractivity contribution is 6.09. The van der Waals surface area contributed by atoms with Crippen LogP contribution in [0.3, 0.4) is 0 Å². The maximum atomic E-state index is 9.25. The third kappa shape index (κ3) is 6.04. The number of hydrogen-bond acceptors (Lipinski definition) is 10. The first kappa shape index (κ1) is 26.9. The van der Waals surface area contributed by atoms with Gasteiger partial charge in [0.2, 0.25) is 5.65 Å². The quantitative estimate of drug-likeness (QED) is 0.269. The lowest BCUT2D eigenvalue weighted by molar-refractivity contribution is 0.349. The van der Waals surface area contributed by atoms with Crippen LogP contribution in [0.4, 0.5) is 0 Å². The fourth-order valence-corrected chi connectivity index (χ4v) is 4.94. The number of benzene rings is 2. The van der Waals surface area contributed by atoms with Crippen molar-refractivity contribution in [2.24, 2.45) is 10.7 Å². The van der Waals surface area contributed by atoms with Crippen LogP contribution in [0.15, 0.2) is 78.3 Å². The van der Waals surface area contributed by atoms with Crippen molar-refractivity contribution in [2.75, 3.05) is 26.2 Å². The summed E-state index contributed by atoms with van der Waals surface area (Å²) in [5.41, 5.74) is 12.4. The van der Waals surface area contributed by atoms with Crippen LogP contribution in [0.1, 0.15) is 29.5 Å². The minimum atomic E-state index is 0.437. The van der Waals surface area contributed by atoms with E-state index in [1.165, 1.54) is 19.0 Å². The Morgan fingerprint density at radius 2 is 1.81 bits per heavy atom. The second-order valence-corrected chi connectivity index (χ2v) is 10.0. The Balaban J connectivity index is 1.17. The van der Waals surface area contributed by atoms with Crippen LogP contribution in [-0.2, 0) is 6.54 Å². The van der Waals surface area contributed by atoms with E-state index in [0.29, 0.717) is 34.9 Å². The first-order valence-electron chi connectivity index (χ1n) is 13.8. The molecule has 3 aromatic heterocycles. The zero-order valence-corrected chi connectivity index (χ0v) is 23.0. The molecule has 2 aromatic carbocycles. The Kier molecular flexibility index (Phi) is 7.96. The normalized spacial score (nSPS) is 14.1. The SMILES string of the molecule is N#Cc1cccc(-c2cnc3nnn(Cc4cccc(-c5ncc(C(C=NCCN6CCCC6)=CN)cn5)c4)c3n2)c1. The number of aliphatic imine (C=N–C) groups is 1. The first-order chi connectivity index (χ1) is 20.7. The Bertz CT molecular complexity index is 1790. The summed E-state index contributed by atoms with van der Waals surface area (Å²) in [6.07, 6.45) is 11.1. The third-order valence-electron chi connectivity index (χ3n) is 7.17. The number of nitrogens with zero attached hydrogens (tertiary/aromatic N) is 10. The molecule has 42 heavy (non-hydrogen) atoms. The molecule has 1 aliphatic rings. The number of nitrogens with two attached hydrogens (primary N) is 1. The predicted octanol–water partition coefficient (Wildman–Crippen LogP) is 3.73. The molecule has 4 heterocycles. The van der Waals surface area contributed by atoms with Gasteiger partial charge in [0.15, 0.2) is 11.5 Å². The number of aromatic nitrogens is 7. The third-order valence-corrected chi connectivity index (χ3v) is 7.17. The van der Waals surface area contributed by atoms with Crippen molar-refractivity contribution in [3.8, 4) is 28.7 Å². The van der Waals surface area contributed by atoms with Crippen molar-refractivity contribution in [1.82, 2.24) is 39.8 Å². The minimum Gasteiger partial charge on any atom is -0.404 e. The van der Waals surface area contributed by atoms with Crippen molar-refractivity contribution in [2.45, 2.75) is 19.4 Å². The van der Waals surface area contributed by atoms with E-state index >= 15 is 0 Å². The van der Waals surface area contributed by atoms with Gasteiger partial charge in [-0.15, -0.1) is 5.10 Å². The molecule has 2 N–H and O–H groups in total. The van der Waals surface area contributed by atoms with Crippen LogP contribution >= 0.6 is 0 Å². The van der Waals surface area contributed by atoms with Gasteiger partial charge in [-0.25, -0.2) is 24.6 Å². The van der Waals surface area contributed by atoms with Crippen LogP contribution in [0.25, 0.3) is 39.5 Å². The lowest BCUT2D eigenvalue weighted by Crippen LogP contribution is -2.22. The molecule has 11 nitrogen and oxygen atoms in total. The average Bonchev–Trinajstić information content (AvgIpc) is 3.71. The van der Waals surface area contributed by atoms with E-state index in [4.69, 9.17) is 10.7 Å². The van der Waals surface area contributed by atoms with Gasteiger partial charge in [-0.1, -0.05) is 35.5 Å². The summed E-state index contributed by atoms with van der Waals surface area (Å²) in [7, 11) is 0. The number of fused-ring (bicyclic) bond motifs is 1. The van der Waals surface area contributed by atoms with E-state index in [-0.39, 0.29) is 0 Å². The summed E-state index contributed by atoms with van der Waals surface area (Å²) < 4.78 is 1.71. The molecule has 208 valence electrons. The van der Waals surface area contributed by atoms with E-state index in [0.717, 1.165) is 54.0 Å². The van der Waals surface area contributed by atoms with Crippen LogP contribution in [0, 0.1) is 11.3 Å². The largest absolute Gasteiger partial charge is 0.404 e. The molecule has 5 aromatic rings. The van der Waals surface area contributed by atoms with E-state index in [2.05, 4.69) is 41.2 Å². The van der Waals surface area contributed by atoms with Gasteiger partial charge in [0.25, 0.3) is 0 Å². The molecular formula is C31H29N11. The van der Waals surface area contributed by atoms with Gasteiger partial charge in [-0.2, -0.15) is 5.26 Å². The standard InChI is InChI=1S/C31H29N11/c32-15-22-5-3-7-24(13-22)28-20-37-30-31(38-28)42(40-39-30)21-23-6-4-8-25(14-23)29-35-18-27(19-36-29)26(16-33)17-34-9-12-41-10-1-2-11-41/h3-8,13-14,16-20H,1-2,9-12,21,33H2. The Hall–Kier alpha value is -5.34. The summed E-state index contributed by atoms with van der Waals surface area (Å²) >= 11 is 0. The van der Waals surface area contributed by atoms with Gasteiger partial charge in [0, 0.05) is 53.6 Å². The monoisotopic (exact) mass is 555 g/mol. The van der Waals surface area contributed by atoms with Gasteiger partial charge in [0.1, 0.15) is 0 Å². The molecule has 1 aliphatic heterocycles. The first-order valence-corrected chi connectivity index (χ1v) is 13.8. The molecule has 0 spiro atoms. The van der Waals surface area contributed by atoms with Gasteiger partial charge < -0.3 is 10.6 Å². The van der Waals surface area contributed by atoms with Crippen molar-refractivity contribution >= 4 is 23.1 Å². The fraction of sp³-hybridized carbons (Fsp3) is 0.226. The number of rotatable bonds is 9.